The fourth-order valence-corrected chi connectivity index (χ4v) is 1.91. The van der Waals surface area contributed by atoms with Crippen LogP contribution in [0.5, 0.6) is 11.8 Å². The van der Waals surface area contributed by atoms with Gasteiger partial charge in [-0.05, 0) is 47.1 Å². The van der Waals surface area contributed by atoms with Crippen LogP contribution in [0.3, 0.4) is 0 Å². The van der Waals surface area contributed by atoms with Gasteiger partial charge < -0.3 is 10.5 Å². The number of thiocarbonyl (C=S) groups is 1. The lowest BCUT2D eigenvalue weighted by atomic mass is 10.3. The molecular formula is C12H9BrFN3OS. The maximum absolute atomic E-state index is 13.0. The van der Waals surface area contributed by atoms with Crippen molar-refractivity contribution in [2.24, 2.45) is 5.73 Å². The number of halogens is 2. The van der Waals surface area contributed by atoms with Crippen LogP contribution in [0.25, 0.3) is 0 Å². The number of ether oxygens (including phenoxy) is 1. The molecule has 0 atom stereocenters. The molecule has 0 bridgehead atoms. The standard InChI is InChI=1S/C12H9BrFN3OS/c1-6-4-9(11(15)19)17-12(16-6)18-10-3-2-7(14)5-8(10)13/h2-5H,1H3,(H2,15,19). The van der Waals surface area contributed by atoms with Crippen molar-refractivity contribution in [1.82, 2.24) is 9.97 Å². The van der Waals surface area contributed by atoms with Crippen molar-refractivity contribution in [3.8, 4) is 11.8 Å². The molecule has 19 heavy (non-hydrogen) atoms. The van der Waals surface area contributed by atoms with Gasteiger partial charge in [0.2, 0.25) is 0 Å². The van der Waals surface area contributed by atoms with Gasteiger partial charge in [0.05, 0.1) is 4.47 Å². The van der Waals surface area contributed by atoms with E-state index in [4.69, 9.17) is 22.7 Å². The van der Waals surface area contributed by atoms with Crippen LogP contribution in [-0.4, -0.2) is 15.0 Å². The molecule has 0 saturated carbocycles. The molecule has 7 heteroatoms. The average molecular weight is 342 g/mol. The molecule has 1 aromatic heterocycles. The van der Waals surface area contributed by atoms with Crippen LogP contribution < -0.4 is 10.5 Å². The summed E-state index contributed by atoms with van der Waals surface area (Å²) in [5, 5.41) is 0. The molecule has 0 radical (unpaired) electrons. The number of hydrogen-bond donors (Lipinski definition) is 1. The summed E-state index contributed by atoms with van der Waals surface area (Å²) in [6, 6.07) is 5.82. The van der Waals surface area contributed by atoms with Crippen molar-refractivity contribution in [1.29, 1.82) is 0 Å². The van der Waals surface area contributed by atoms with E-state index in [2.05, 4.69) is 25.9 Å². The number of benzene rings is 1. The Morgan fingerprint density at radius 3 is 2.74 bits per heavy atom. The van der Waals surface area contributed by atoms with Crippen molar-refractivity contribution in [3.05, 3.63) is 45.9 Å². The van der Waals surface area contributed by atoms with Crippen LogP contribution >= 0.6 is 28.1 Å². The summed E-state index contributed by atoms with van der Waals surface area (Å²) < 4.78 is 18.9. The highest BCUT2D eigenvalue weighted by Gasteiger charge is 2.09. The third kappa shape index (κ3) is 3.45. The van der Waals surface area contributed by atoms with Gasteiger partial charge in [-0.1, -0.05) is 12.2 Å². The van der Waals surface area contributed by atoms with Crippen LogP contribution in [-0.2, 0) is 0 Å². The van der Waals surface area contributed by atoms with E-state index < -0.39 is 0 Å². The van der Waals surface area contributed by atoms with Crippen LogP contribution in [0.2, 0.25) is 0 Å². The first-order chi connectivity index (χ1) is 8.95. The largest absolute Gasteiger partial charge is 0.423 e. The number of aromatic nitrogens is 2. The van der Waals surface area contributed by atoms with Gasteiger partial charge in [-0.15, -0.1) is 0 Å². The Balaban J connectivity index is 2.35. The van der Waals surface area contributed by atoms with E-state index in [9.17, 15) is 4.39 Å². The first kappa shape index (κ1) is 13.8. The third-order valence-corrected chi connectivity index (χ3v) is 3.01. The normalized spacial score (nSPS) is 10.3. The monoisotopic (exact) mass is 341 g/mol. The average Bonchev–Trinajstić information content (AvgIpc) is 2.32. The molecule has 2 rings (SSSR count). The maximum Gasteiger partial charge on any atom is 0.322 e. The molecule has 0 aliphatic carbocycles. The van der Waals surface area contributed by atoms with Crippen LogP contribution in [0, 0.1) is 12.7 Å². The summed E-state index contributed by atoms with van der Waals surface area (Å²) in [5.41, 5.74) is 6.62. The number of hydrogen-bond acceptors (Lipinski definition) is 4. The number of nitrogens with zero attached hydrogens (tertiary/aromatic N) is 2. The molecule has 0 aliphatic heterocycles. The van der Waals surface area contributed by atoms with Crippen molar-refractivity contribution in [3.63, 3.8) is 0 Å². The molecule has 2 aromatic rings. The molecule has 98 valence electrons. The molecule has 0 aliphatic rings. The summed E-state index contributed by atoms with van der Waals surface area (Å²) in [6.45, 7) is 1.77. The second-order valence-corrected chi connectivity index (χ2v) is 5.01. The lowest BCUT2D eigenvalue weighted by Crippen LogP contribution is -2.13. The molecule has 2 N–H and O–H groups in total. The predicted molar refractivity (Wildman–Crippen MR) is 76.8 cm³/mol. The minimum Gasteiger partial charge on any atom is -0.423 e. The SMILES string of the molecule is Cc1cc(C(N)=S)nc(Oc2ccc(F)cc2Br)n1. The fourth-order valence-electron chi connectivity index (χ4n) is 1.37. The summed E-state index contributed by atoms with van der Waals surface area (Å²) in [7, 11) is 0. The fraction of sp³-hybridized carbons (Fsp3) is 0.0833. The van der Waals surface area contributed by atoms with Gasteiger partial charge >= 0.3 is 6.01 Å². The smallest absolute Gasteiger partial charge is 0.322 e. The van der Waals surface area contributed by atoms with Gasteiger partial charge in [0.15, 0.2) is 0 Å². The van der Waals surface area contributed by atoms with E-state index in [-0.39, 0.29) is 16.8 Å². The van der Waals surface area contributed by atoms with E-state index >= 15 is 0 Å². The van der Waals surface area contributed by atoms with Crippen LogP contribution in [0.1, 0.15) is 11.4 Å². The van der Waals surface area contributed by atoms with Gasteiger partial charge in [-0.2, -0.15) is 4.98 Å². The maximum atomic E-state index is 13.0. The molecule has 4 nitrogen and oxygen atoms in total. The second-order valence-electron chi connectivity index (χ2n) is 3.72. The first-order valence-electron chi connectivity index (χ1n) is 5.24. The van der Waals surface area contributed by atoms with Gasteiger partial charge in [-0.25, -0.2) is 9.37 Å². The van der Waals surface area contributed by atoms with Crippen molar-refractivity contribution in [2.75, 3.05) is 0 Å². The molecule has 1 aromatic carbocycles. The summed E-state index contributed by atoms with van der Waals surface area (Å²) in [6.07, 6.45) is 0. The van der Waals surface area contributed by atoms with E-state index in [1.54, 1.807) is 13.0 Å². The molecule has 0 fully saturated rings. The lowest BCUT2D eigenvalue weighted by molar-refractivity contribution is 0.436. The van der Waals surface area contributed by atoms with E-state index in [0.29, 0.717) is 21.6 Å². The Bertz CT molecular complexity index is 651. The van der Waals surface area contributed by atoms with E-state index in [1.165, 1.54) is 18.2 Å². The molecule has 0 saturated heterocycles. The predicted octanol–water partition coefficient (Wildman–Crippen LogP) is 3.11. The highest BCUT2D eigenvalue weighted by Crippen LogP contribution is 2.28. The topological polar surface area (TPSA) is 61.0 Å². The van der Waals surface area contributed by atoms with Gasteiger partial charge in [0.1, 0.15) is 22.2 Å². The summed E-state index contributed by atoms with van der Waals surface area (Å²) in [4.78, 5) is 8.35. The molecule has 0 spiro atoms. The Morgan fingerprint density at radius 1 is 1.37 bits per heavy atom. The highest BCUT2D eigenvalue weighted by atomic mass is 79.9. The lowest BCUT2D eigenvalue weighted by Gasteiger charge is -2.08. The van der Waals surface area contributed by atoms with E-state index in [1.807, 2.05) is 0 Å². The second kappa shape index (κ2) is 5.58. The molecule has 0 unspecified atom stereocenters. The molecular weight excluding hydrogens is 333 g/mol. The number of nitrogens with two attached hydrogens (primary N) is 1. The van der Waals surface area contributed by atoms with Crippen LogP contribution in [0.4, 0.5) is 4.39 Å². The van der Waals surface area contributed by atoms with Gasteiger partial charge in [0.25, 0.3) is 0 Å². The zero-order valence-electron chi connectivity index (χ0n) is 9.85. The Kier molecular flexibility index (Phi) is 4.06. The first-order valence-corrected chi connectivity index (χ1v) is 6.44. The summed E-state index contributed by atoms with van der Waals surface area (Å²) in [5.74, 6) is 0.0362. The van der Waals surface area contributed by atoms with Crippen molar-refractivity contribution in [2.45, 2.75) is 6.92 Å². The minimum atomic E-state index is -0.367. The summed E-state index contributed by atoms with van der Waals surface area (Å²) >= 11 is 8.06. The Labute approximate surface area is 123 Å². The Hall–Kier alpha value is -1.60. The molecule has 0 amide bonds. The number of aryl methyl sites for hydroxylation is 1. The van der Waals surface area contributed by atoms with Crippen molar-refractivity contribution < 1.29 is 9.13 Å². The van der Waals surface area contributed by atoms with E-state index in [0.717, 1.165) is 0 Å². The zero-order chi connectivity index (χ0) is 14.0. The minimum absolute atomic E-state index is 0.107. The van der Waals surface area contributed by atoms with Crippen molar-refractivity contribution >= 4 is 33.1 Å². The molecule has 1 heterocycles. The third-order valence-electron chi connectivity index (χ3n) is 2.18. The van der Waals surface area contributed by atoms with Gasteiger partial charge in [-0.3, -0.25) is 0 Å². The quantitative estimate of drug-likeness (QED) is 0.869. The Morgan fingerprint density at radius 2 is 2.11 bits per heavy atom. The zero-order valence-corrected chi connectivity index (χ0v) is 12.3. The van der Waals surface area contributed by atoms with Crippen LogP contribution in [0.15, 0.2) is 28.7 Å². The highest BCUT2D eigenvalue weighted by molar-refractivity contribution is 9.10. The van der Waals surface area contributed by atoms with Gasteiger partial charge in [0, 0.05) is 5.69 Å². The number of rotatable bonds is 3.